The summed E-state index contributed by atoms with van der Waals surface area (Å²) >= 11 is 0. The largest absolute Gasteiger partial charge is 0.496 e. The maximum Gasteiger partial charge on any atom is 0.309 e. The Morgan fingerprint density at radius 3 is 2.54 bits per heavy atom. The number of rotatable bonds is 4. The van der Waals surface area contributed by atoms with E-state index in [2.05, 4.69) is 4.90 Å². The van der Waals surface area contributed by atoms with E-state index < -0.39 is 11.9 Å². The number of hydrogen-bond donors (Lipinski definition) is 1. The van der Waals surface area contributed by atoms with Gasteiger partial charge in [0.25, 0.3) is 0 Å². The molecule has 0 aliphatic carbocycles. The van der Waals surface area contributed by atoms with Gasteiger partial charge < -0.3 is 19.3 Å². The second-order valence-electron chi connectivity index (χ2n) is 7.49. The van der Waals surface area contributed by atoms with Crippen molar-refractivity contribution in [3.8, 4) is 17.2 Å². The molecule has 0 bridgehead atoms. The minimum absolute atomic E-state index is 0.143. The summed E-state index contributed by atoms with van der Waals surface area (Å²) < 4.78 is 16.8. The highest BCUT2D eigenvalue weighted by molar-refractivity contribution is 5.74. The predicted molar refractivity (Wildman–Crippen MR) is 104 cm³/mol. The molecule has 2 heterocycles. The van der Waals surface area contributed by atoms with E-state index in [9.17, 15) is 9.90 Å². The van der Waals surface area contributed by atoms with Crippen molar-refractivity contribution in [1.29, 1.82) is 0 Å². The van der Waals surface area contributed by atoms with Gasteiger partial charge >= 0.3 is 5.97 Å². The zero-order valence-corrected chi connectivity index (χ0v) is 16.3. The Hall–Kier alpha value is -2.73. The van der Waals surface area contributed by atoms with Crippen molar-refractivity contribution in [3.05, 3.63) is 53.1 Å². The lowest BCUT2D eigenvalue weighted by Crippen LogP contribution is -2.26. The van der Waals surface area contributed by atoms with Crippen LogP contribution >= 0.6 is 0 Å². The number of benzene rings is 2. The molecule has 1 N–H and O–H groups in total. The molecule has 4 rings (SSSR count). The van der Waals surface area contributed by atoms with Crippen LogP contribution in [0.5, 0.6) is 17.2 Å². The van der Waals surface area contributed by atoms with Crippen molar-refractivity contribution < 1.29 is 24.1 Å². The standard InChI is InChI=1S/C22H25NO5/c1-13-4-5-15(11-18(13)26-3)21-20(22(24)25)16(12-23(21)2)14-6-7-17-19(10-14)28-9-8-27-17/h4-7,10-11,16,20-21H,8-9,12H2,1-3H3,(H,24,25). The van der Waals surface area contributed by atoms with E-state index in [0.717, 1.165) is 22.4 Å². The fourth-order valence-corrected chi connectivity index (χ4v) is 4.42. The third kappa shape index (κ3) is 3.18. The smallest absolute Gasteiger partial charge is 0.309 e. The molecule has 2 aromatic carbocycles. The van der Waals surface area contributed by atoms with Crippen molar-refractivity contribution >= 4 is 5.97 Å². The molecule has 2 aromatic rings. The maximum absolute atomic E-state index is 12.3. The minimum atomic E-state index is -0.797. The number of aryl methyl sites for hydroxylation is 1. The molecule has 0 aromatic heterocycles. The Kier molecular flexibility index (Phi) is 4.89. The Labute approximate surface area is 164 Å². The average molecular weight is 383 g/mol. The highest BCUT2D eigenvalue weighted by Gasteiger charge is 2.46. The van der Waals surface area contributed by atoms with Gasteiger partial charge in [-0.1, -0.05) is 18.2 Å². The first-order chi connectivity index (χ1) is 13.5. The molecule has 0 saturated carbocycles. The predicted octanol–water partition coefficient (Wildman–Crippen LogP) is 3.25. The average Bonchev–Trinajstić information content (AvgIpc) is 3.05. The summed E-state index contributed by atoms with van der Waals surface area (Å²) in [6, 6.07) is 11.5. The number of fused-ring (bicyclic) bond motifs is 1. The van der Waals surface area contributed by atoms with Crippen molar-refractivity contribution in [2.45, 2.75) is 18.9 Å². The number of ether oxygens (including phenoxy) is 3. The number of likely N-dealkylation sites (tertiary alicyclic amines) is 1. The van der Waals surface area contributed by atoms with Gasteiger partial charge in [0.15, 0.2) is 11.5 Å². The molecule has 0 amide bonds. The molecule has 6 nitrogen and oxygen atoms in total. The topological polar surface area (TPSA) is 68.2 Å². The summed E-state index contributed by atoms with van der Waals surface area (Å²) in [7, 11) is 3.61. The fraction of sp³-hybridized carbons (Fsp3) is 0.409. The summed E-state index contributed by atoms with van der Waals surface area (Å²) in [6.45, 7) is 3.67. The number of carboxylic acids is 1. The van der Waals surface area contributed by atoms with E-state index in [-0.39, 0.29) is 12.0 Å². The van der Waals surface area contributed by atoms with Gasteiger partial charge in [0.05, 0.1) is 13.0 Å². The van der Waals surface area contributed by atoms with Gasteiger partial charge in [0.2, 0.25) is 0 Å². The molecule has 0 radical (unpaired) electrons. The highest BCUT2D eigenvalue weighted by atomic mass is 16.6. The summed E-state index contributed by atoms with van der Waals surface area (Å²) in [5.41, 5.74) is 2.95. The molecule has 3 unspecified atom stereocenters. The summed E-state index contributed by atoms with van der Waals surface area (Å²) in [4.78, 5) is 14.4. The van der Waals surface area contributed by atoms with Gasteiger partial charge in [-0.2, -0.15) is 0 Å². The molecule has 148 valence electrons. The first kappa shape index (κ1) is 18.6. The van der Waals surface area contributed by atoms with Crippen LogP contribution < -0.4 is 14.2 Å². The number of carboxylic acid groups (broad SMARTS) is 1. The minimum Gasteiger partial charge on any atom is -0.496 e. The molecule has 28 heavy (non-hydrogen) atoms. The number of aliphatic carboxylic acids is 1. The maximum atomic E-state index is 12.3. The summed E-state index contributed by atoms with van der Waals surface area (Å²) in [6.07, 6.45) is 0. The molecule has 0 spiro atoms. The van der Waals surface area contributed by atoms with Crippen molar-refractivity contribution in [3.63, 3.8) is 0 Å². The second kappa shape index (κ2) is 7.36. The van der Waals surface area contributed by atoms with Crippen molar-refractivity contribution in [1.82, 2.24) is 4.90 Å². The lowest BCUT2D eigenvalue weighted by Gasteiger charge is -2.25. The SMILES string of the molecule is COc1cc(C2C(C(=O)O)C(c3ccc4c(c3)OCCO4)CN2C)ccc1C. The third-order valence-corrected chi connectivity index (χ3v) is 5.79. The lowest BCUT2D eigenvalue weighted by atomic mass is 9.82. The number of methoxy groups -OCH3 is 1. The second-order valence-corrected chi connectivity index (χ2v) is 7.49. The van der Waals surface area contributed by atoms with Gasteiger partial charge in [-0.3, -0.25) is 9.69 Å². The van der Waals surface area contributed by atoms with Crippen LogP contribution in [0.4, 0.5) is 0 Å². The van der Waals surface area contributed by atoms with Crippen LogP contribution in [0, 0.1) is 12.8 Å². The monoisotopic (exact) mass is 383 g/mol. The first-order valence-corrected chi connectivity index (χ1v) is 9.46. The Morgan fingerprint density at radius 2 is 1.82 bits per heavy atom. The van der Waals surface area contributed by atoms with Gasteiger partial charge in [-0.05, 0) is 48.9 Å². The molecular formula is C22H25NO5. The highest BCUT2D eigenvalue weighted by Crippen LogP contribution is 2.47. The van der Waals surface area contributed by atoms with Crippen LogP contribution in [0.1, 0.15) is 28.7 Å². The lowest BCUT2D eigenvalue weighted by molar-refractivity contribution is -0.143. The molecule has 2 aliphatic rings. The van der Waals surface area contributed by atoms with E-state index in [1.807, 2.05) is 50.4 Å². The zero-order chi connectivity index (χ0) is 19.8. The summed E-state index contributed by atoms with van der Waals surface area (Å²) in [5.74, 6) is 0.672. The number of likely N-dealkylation sites (N-methyl/N-ethyl adjacent to an activating group) is 1. The van der Waals surface area contributed by atoms with E-state index in [1.165, 1.54) is 0 Å². The number of nitrogens with zero attached hydrogens (tertiary/aromatic N) is 1. The van der Waals surface area contributed by atoms with Crippen molar-refractivity contribution in [2.24, 2.45) is 5.92 Å². The van der Waals surface area contributed by atoms with Crippen LogP contribution in [0.25, 0.3) is 0 Å². The van der Waals surface area contributed by atoms with Crippen molar-refractivity contribution in [2.75, 3.05) is 33.9 Å². The molecule has 1 saturated heterocycles. The van der Waals surface area contributed by atoms with Gasteiger partial charge in [0.1, 0.15) is 19.0 Å². The Morgan fingerprint density at radius 1 is 1.11 bits per heavy atom. The first-order valence-electron chi connectivity index (χ1n) is 9.46. The van der Waals surface area contributed by atoms with Crippen LogP contribution in [-0.2, 0) is 4.79 Å². The van der Waals surface area contributed by atoms with E-state index in [4.69, 9.17) is 14.2 Å². The summed E-state index contributed by atoms with van der Waals surface area (Å²) in [5, 5.41) is 10.1. The molecule has 3 atom stereocenters. The van der Waals surface area contributed by atoms with Gasteiger partial charge in [-0.15, -0.1) is 0 Å². The van der Waals surface area contributed by atoms with Gasteiger partial charge in [0, 0.05) is 18.5 Å². The fourth-order valence-electron chi connectivity index (χ4n) is 4.42. The molecular weight excluding hydrogens is 358 g/mol. The number of carbonyl (C=O) groups is 1. The van der Waals surface area contributed by atoms with Crippen LogP contribution in [0.15, 0.2) is 36.4 Å². The Balaban J connectivity index is 1.71. The van der Waals surface area contributed by atoms with E-state index in [0.29, 0.717) is 31.3 Å². The van der Waals surface area contributed by atoms with E-state index >= 15 is 0 Å². The van der Waals surface area contributed by atoms with Crippen LogP contribution in [0.3, 0.4) is 0 Å². The normalized spacial score (nSPS) is 24.2. The quantitative estimate of drug-likeness (QED) is 0.874. The zero-order valence-electron chi connectivity index (χ0n) is 16.3. The number of hydrogen-bond acceptors (Lipinski definition) is 5. The van der Waals surface area contributed by atoms with Crippen LogP contribution in [0.2, 0.25) is 0 Å². The third-order valence-electron chi connectivity index (χ3n) is 5.79. The molecule has 1 fully saturated rings. The van der Waals surface area contributed by atoms with Crippen LogP contribution in [-0.4, -0.2) is 49.9 Å². The van der Waals surface area contributed by atoms with Gasteiger partial charge in [-0.25, -0.2) is 0 Å². The Bertz CT molecular complexity index is 896. The molecule has 6 heteroatoms. The molecule has 2 aliphatic heterocycles. The van der Waals surface area contributed by atoms with E-state index in [1.54, 1.807) is 7.11 Å².